The summed E-state index contributed by atoms with van der Waals surface area (Å²) in [5.74, 6) is 0. The van der Waals surface area contributed by atoms with E-state index >= 15 is 0 Å². The second-order valence-corrected chi connectivity index (χ2v) is 4.34. The first kappa shape index (κ1) is 11.8. The van der Waals surface area contributed by atoms with Crippen LogP contribution in [0.4, 0.5) is 0 Å². The zero-order valence-electron chi connectivity index (χ0n) is 8.48. The van der Waals surface area contributed by atoms with Crippen molar-refractivity contribution >= 4 is 23.2 Å². The van der Waals surface area contributed by atoms with Gasteiger partial charge in [-0.05, 0) is 37.1 Å². The Morgan fingerprint density at radius 2 is 1.79 bits per heavy atom. The average Bonchev–Trinajstić information content (AvgIpc) is 2.12. The molecule has 3 heteroatoms. The topological polar surface area (TPSA) is 12.0 Å². The van der Waals surface area contributed by atoms with Gasteiger partial charge in [-0.2, -0.15) is 0 Å². The Labute approximate surface area is 95.4 Å². The number of nitrogens with one attached hydrogen (secondary N) is 1. The number of benzene rings is 1. The van der Waals surface area contributed by atoms with Crippen LogP contribution in [0.5, 0.6) is 0 Å². The van der Waals surface area contributed by atoms with Crippen LogP contribution < -0.4 is 5.32 Å². The molecule has 0 radical (unpaired) electrons. The van der Waals surface area contributed by atoms with Crippen LogP contribution in [0.3, 0.4) is 0 Å². The van der Waals surface area contributed by atoms with Gasteiger partial charge in [0.05, 0.1) is 0 Å². The molecule has 1 N–H and O–H groups in total. The molecule has 1 rings (SSSR count). The molecular formula is C11H15Cl2N. The summed E-state index contributed by atoms with van der Waals surface area (Å²) in [6.45, 7) is 5.13. The zero-order chi connectivity index (χ0) is 10.6. The molecule has 0 aliphatic rings. The van der Waals surface area contributed by atoms with Crippen molar-refractivity contribution in [2.45, 2.75) is 32.9 Å². The summed E-state index contributed by atoms with van der Waals surface area (Å²) in [6, 6.07) is 6.13. The highest BCUT2D eigenvalue weighted by atomic mass is 35.5. The first-order valence-electron chi connectivity index (χ1n) is 4.80. The molecule has 0 saturated carbocycles. The monoisotopic (exact) mass is 231 g/mol. The summed E-state index contributed by atoms with van der Waals surface area (Å²) in [6.07, 6.45) is 1.12. The third kappa shape index (κ3) is 3.87. The summed E-state index contributed by atoms with van der Waals surface area (Å²) in [7, 11) is 0. The fraction of sp³-hybridized carbons (Fsp3) is 0.455. The van der Waals surface area contributed by atoms with Crippen LogP contribution in [0.2, 0.25) is 10.0 Å². The van der Waals surface area contributed by atoms with E-state index in [9.17, 15) is 0 Å². The van der Waals surface area contributed by atoms with Crippen molar-refractivity contribution in [1.29, 1.82) is 0 Å². The molecule has 0 fully saturated rings. The lowest BCUT2D eigenvalue weighted by molar-refractivity contribution is 0.534. The van der Waals surface area contributed by atoms with Crippen LogP contribution in [0, 0.1) is 0 Å². The predicted octanol–water partition coefficient (Wildman–Crippen LogP) is 3.88. The quantitative estimate of drug-likeness (QED) is 0.830. The van der Waals surface area contributed by atoms with Crippen LogP contribution in [0.15, 0.2) is 18.2 Å². The van der Waals surface area contributed by atoms with Crippen LogP contribution >= 0.6 is 23.2 Å². The van der Waals surface area contributed by atoms with Gasteiger partial charge in [-0.3, -0.25) is 0 Å². The Kier molecular flexibility index (Phi) is 4.73. The van der Waals surface area contributed by atoms with Gasteiger partial charge < -0.3 is 5.32 Å². The molecule has 1 aromatic carbocycles. The highest BCUT2D eigenvalue weighted by molar-refractivity contribution is 6.34. The minimum atomic E-state index is 0.521. The lowest BCUT2D eigenvalue weighted by Gasteiger charge is -2.11. The summed E-state index contributed by atoms with van der Waals surface area (Å²) in [4.78, 5) is 0. The van der Waals surface area contributed by atoms with Gasteiger partial charge in [0.1, 0.15) is 0 Å². The Morgan fingerprint density at radius 3 is 2.29 bits per heavy atom. The van der Waals surface area contributed by atoms with Crippen LogP contribution in [-0.4, -0.2) is 6.04 Å². The largest absolute Gasteiger partial charge is 0.310 e. The molecule has 0 aliphatic heterocycles. The van der Waals surface area contributed by atoms with E-state index in [4.69, 9.17) is 23.2 Å². The third-order valence-corrected chi connectivity index (χ3v) is 2.63. The Bertz CT molecular complexity index is 279. The maximum absolute atomic E-state index is 5.89. The maximum Gasteiger partial charge on any atom is 0.0424 e. The Balaban J connectivity index is 2.58. The van der Waals surface area contributed by atoms with Gasteiger partial charge >= 0.3 is 0 Å². The van der Waals surface area contributed by atoms with Gasteiger partial charge in [-0.1, -0.05) is 30.1 Å². The second kappa shape index (κ2) is 5.59. The molecule has 78 valence electrons. The molecule has 1 unspecified atom stereocenters. The molecule has 0 heterocycles. The molecular weight excluding hydrogens is 217 g/mol. The highest BCUT2D eigenvalue weighted by Crippen LogP contribution is 2.18. The molecule has 1 atom stereocenters. The Hall–Kier alpha value is -0.240. The molecule has 0 amide bonds. The van der Waals surface area contributed by atoms with Gasteiger partial charge in [0.2, 0.25) is 0 Å². The van der Waals surface area contributed by atoms with E-state index in [-0.39, 0.29) is 0 Å². The summed E-state index contributed by atoms with van der Waals surface area (Å²) in [5, 5.41) is 4.77. The smallest absolute Gasteiger partial charge is 0.0424 e. The summed E-state index contributed by atoms with van der Waals surface area (Å²) >= 11 is 11.8. The molecule has 1 nitrogen and oxygen atoms in total. The van der Waals surface area contributed by atoms with E-state index in [1.54, 1.807) is 6.07 Å². The molecule has 0 aromatic heterocycles. The van der Waals surface area contributed by atoms with Crippen molar-refractivity contribution in [3.63, 3.8) is 0 Å². The summed E-state index contributed by atoms with van der Waals surface area (Å²) in [5.41, 5.74) is 1.13. The van der Waals surface area contributed by atoms with Crippen LogP contribution in [0.1, 0.15) is 25.8 Å². The lowest BCUT2D eigenvalue weighted by Crippen LogP contribution is -2.24. The van der Waals surface area contributed by atoms with Crippen molar-refractivity contribution in [2.24, 2.45) is 0 Å². The molecule has 0 aliphatic carbocycles. The number of halogens is 2. The molecule has 0 bridgehead atoms. The molecule has 14 heavy (non-hydrogen) atoms. The van der Waals surface area contributed by atoms with E-state index in [1.165, 1.54) is 0 Å². The fourth-order valence-corrected chi connectivity index (χ4v) is 1.72. The highest BCUT2D eigenvalue weighted by Gasteiger charge is 2.00. The number of hydrogen-bond donors (Lipinski definition) is 1. The van der Waals surface area contributed by atoms with Crippen molar-refractivity contribution < 1.29 is 0 Å². The Morgan fingerprint density at radius 1 is 1.21 bits per heavy atom. The van der Waals surface area contributed by atoms with Gasteiger partial charge in [-0.25, -0.2) is 0 Å². The second-order valence-electron chi connectivity index (χ2n) is 3.47. The molecule has 1 aromatic rings. The fourth-order valence-electron chi connectivity index (χ4n) is 1.15. The normalized spacial score (nSPS) is 12.9. The van der Waals surface area contributed by atoms with Crippen molar-refractivity contribution in [2.75, 3.05) is 0 Å². The van der Waals surface area contributed by atoms with Gasteiger partial charge in [-0.15, -0.1) is 0 Å². The van der Waals surface area contributed by atoms with Crippen molar-refractivity contribution in [1.82, 2.24) is 5.32 Å². The summed E-state index contributed by atoms with van der Waals surface area (Å²) < 4.78 is 0. The van der Waals surface area contributed by atoms with Gasteiger partial charge in [0.25, 0.3) is 0 Å². The zero-order valence-corrected chi connectivity index (χ0v) is 9.99. The van der Waals surface area contributed by atoms with E-state index in [0.29, 0.717) is 16.1 Å². The van der Waals surface area contributed by atoms with Crippen LogP contribution in [-0.2, 0) is 6.54 Å². The first-order valence-corrected chi connectivity index (χ1v) is 5.55. The van der Waals surface area contributed by atoms with Crippen molar-refractivity contribution in [3.05, 3.63) is 33.8 Å². The predicted molar refractivity (Wildman–Crippen MR) is 63.1 cm³/mol. The van der Waals surface area contributed by atoms with E-state index < -0.39 is 0 Å². The first-order chi connectivity index (χ1) is 6.61. The minimum Gasteiger partial charge on any atom is -0.310 e. The SMILES string of the molecule is CCC(C)NCc1cc(Cl)cc(Cl)c1. The van der Waals surface area contributed by atoms with E-state index in [1.807, 2.05) is 12.1 Å². The van der Waals surface area contributed by atoms with Gasteiger partial charge in [0, 0.05) is 22.6 Å². The van der Waals surface area contributed by atoms with Gasteiger partial charge in [0.15, 0.2) is 0 Å². The standard InChI is InChI=1S/C11H15Cl2N/c1-3-8(2)14-7-9-4-10(12)6-11(13)5-9/h4-6,8,14H,3,7H2,1-2H3. The lowest BCUT2D eigenvalue weighted by atomic mass is 10.2. The minimum absolute atomic E-state index is 0.521. The number of hydrogen-bond acceptors (Lipinski definition) is 1. The number of rotatable bonds is 4. The van der Waals surface area contributed by atoms with E-state index in [2.05, 4.69) is 19.2 Å². The maximum atomic E-state index is 5.89. The van der Waals surface area contributed by atoms with E-state index in [0.717, 1.165) is 18.5 Å². The van der Waals surface area contributed by atoms with Crippen molar-refractivity contribution in [3.8, 4) is 0 Å². The van der Waals surface area contributed by atoms with Crippen LogP contribution in [0.25, 0.3) is 0 Å². The third-order valence-electron chi connectivity index (χ3n) is 2.19. The molecule has 0 spiro atoms. The molecule has 0 saturated heterocycles. The average molecular weight is 232 g/mol.